The molecule has 1 amide bonds. The van der Waals surface area contributed by atoms with Gasteiger partial charge in [0, 0.05) is 37.3 Å². The molecular formula is C23H20N4OS. The topological polar surface area (TPSA) is 60.2 Å². The lowest BCUT2D eigenvalue weighted by molar-refractivity contribution is 0.0751. The summed E-state index contributed by atoms with van der Waals surface area (Å²) in [5.74, 6) is 0.930. The number of piperazine rings is 1. The Balaban J connectivity index is 1.31. The number of hydrogen-bond donors (Lipinski definition) is 0. The van der Waals surface area contributed by atoms with Gasteiger partial charge in [0.05, 0.1) is 16.5 Å². The molecule has 2 aromatic heterocycles. The van der Waals surface area contributed by atoms with E-state index in [2.05, 4.69) is 46.3 Å². The zero-order chi connectivity index (χ0) is 19.8. The average Bonchev–Trinajstić information content (AvgIpc) is 3.24. The molecular weight excluding hydrogens is 380 g/mol. The number of nitriles is 1. The van der Waals surface area contributed by atoms with Crippen LogP contribution < -0.4 is 4.90 Å². The molecule has 0 N–H and O–H groups in total. The van der Waals surface area contributed by atoms with Crippen molar-refractivity contribution >= 4 is 23.1 Å². The van der Waals surface area contributed by atoms with Crippen LogP contribution in [0.3, 0.4) is 0 Å². The standard InChI is InChI=1S/C23H20N4OS/c24-15-16-7-8-25-21(13-16)26-9-11-27(12-10-26)23(28)20-14-18-6-5-17-3-1-2-4-19(17)22(18)29-20/h1-4,7-8,13-14H,5-6,9-12H2. The van der Waals surface area contributed by atoms with Crippen LogP contribution >= 0.6 is 11.3 Å². The molecule has 0 unspecified atom stereocenters. The molecule has 1 saturated heterocycles. The Labute approximate surface area is 173 Å². The number of rotatable bonds is 2. The van der Waals surface area contributed by atoms with Crippen LogP contribution in [0.2, 0.25) is 0 Å². The maximum Gasteiger partial charge on any atom is 0.264 e. The van der Waals surface area contributed by atoms with Gasteiger partial charge in [-0.15, -0.1) is 11.3 Å². The smallest absolute Gasteiger partial charge is 0.264 e. The lowest BCUT2D eigenvalue weighted by Crippen LogP contribution is -2.48. The maximum atomic E-state index is 13.1. The average molecular weight is 401 g/mol. The van der Waals surface area contributed by atoms with Crippen molar-refractivity contribution in [2.45, 2.75) is 12.8 Å². The van der Waals surface area contributed by atoms with E-state index in [-0.39, 0.29) is 5.91 Å². The fourth-order valence-corrected chi connectivity index (χ4v) is 5.37. The minimum absolute atomic E-state index is 0.125. The van der Waals surface area contributed by atoms with Crippen molar-refractivity contribution < 1.29 is 4.79 Å². The third kappa shape index (κ3) is 3.28. The van der Waals surface area contributed by atoms with E-state index in [4.69, 9.17) is 5.26 Å². The zero-order valence-corrected chi connectivity index (χ0v) is 16.8. The van der Waals surface area contributed by atoms with Crippen LogP contribution in [0.15, 0.2) is 48.7 Å². The fraction of sp³-hybridized carbons (Fsp3) is 0.261. The first-order chi connectivity index (χ1) is 14.2. The van der Waals surface area contributed by atoms with Gasteiger partial charge in [-0.3, -0.25) is 4.79 Å². The second kappa shape index (κ2) is 7.34. The Bertz CT molecular complexity index is 1120. The van der Waals surface area contributed by atoms with Crippen molar-refractivity contribution in [2.24, 2.45) is 0 Å². The normalized spacial score (nSPS) is 15.4. The van der Waals surface area contributed by atoms with Gasteiger partial charge < -0.3 is 9.80 Å². The molecule has 1 aromatic carbocycles. The van der Waals surface area contributed by atoms with Crippen LogP contribution in [-0.4, -0.2) is 42.0 Å². The molecule has 0 saturated carbocycles. The van der Waals surface area contributed by atoms with Crippen LogP contribution in [0, 0.1) is 11.3 Å². The lowest BCUT2D eigenvalue weighted by atomic mass is 9.91. The largest absolute Gasteiger partial charge is 0.353 e. The second-order valence-corrected chi connectivity index (χ2v) is 8.47. The highest BCUT2D eigenvalue weighted by molar-refractivity contribution is 7.17. The number of anilines is 1. The quantitative estimate of drug-likeness (QED) is 0.657. The number of carbonyl (C=O) groups excluding carboxylic acids is 1. The van der Waals surface area contributed by atoms with Gasteiger partial charge >= 0.3 is 0 Å². The summed E-state index contributed by atoms with van der Waals surface area (Å²) < 4.78 is 0. The lowest BCUT2D eigenvalue weighted by Gasteiger charge is -2.35. The minimum atomic E-state index is 0.125. The van der Waals surface area contributed by atoms with E-state index in [1.807, 2.05) is 11.0 Å². The van der Waals surface area contributed by atoms with E-state index in [9.17, 15) is 4.79 Å². The van der Waals surface area contributed by atoms with Gasteiger partial charge in [-0.05, 0) is 47.7 Å². The summed E-state index contributed by atoms with van der Waals surface area (Å²) in [6, 6.07) is 16.3. The summed E-state index contributed by atoms with van der Waals surface area (Å²) in [4.78, 5) is 23.7. The summed E-state index contributed by atoms with van der Waals surface area (Å²) in [7, 11) is 0. The predicted molar refractivity (Wildman–Crippen MR) is 114 cm³/mol. The molecule has 2 aliphatic rings. The fourth-order valence-electron chi connectivity index (χ4n) is 4.13. The van der Waals surface area contributed by atoms with E-state index >= 15 is 0 Å². The monoisotopic (exact) mass is 400 g/mol. The van der Waals surface area contributed by atoms with E-state index < -0.39 is 0 Å². The molecule has 5 nitrogen and oxygen atoms in total. The van der Waals surface area contributed by atoms with Crippen LogP contribution in [0.5, 0.6) is 0 Å². The van der Waals surface area contributed by atoms with E-state index in [1.165, 1.54) is 21.6 Å². The van der Waals surface area contributed by atoms with Crippen molar-refractivity contribution in [1.82, 2.24) is 9.88 Å². The third-order valence-electron chi connectivity index (χ3n) is 5.71. The first-order valence-electron chi connectivity index (χ1n) is 9.84. The molecule has 5 rings (SSSR count). The number of hydrogen-bond acceptors (Lipinski definition) is 5. The van der Waals surface area contributed by atoms with Gasteiger partial charge in [0.25, 0.3) is 5.91 Å². The summed E-state index contributed by atoms with van der Waals surface area (Å²) >= 11 is 1.63. The van der Waals surface area contributed by atoms with Crippen molar-refractivity contribution in [3.8, 4) is 16.5 Å². The number of amides is 1. The highest BCUT2D eigenvalue weighted by Gasteiger charge is 2.27. The number of thiophene rings is 1. The highest BCUT2D eigenvalue weighted by atomic mass is 32.1. The highest BCUT2D eigenvalue weighted by Crippen LogP contribution is 2.39. The van der Waals surface area contributed by atoms with Gasteiger partial charge in [0.15, 0.2) is 0 Å². The van der Waals surface area contributed by atoms with Gasteiger partial charge in [0.1, 0.15) is 5.82 Å². The van der Waals surface area contributed by atoms with Crippen molar-refractivity contribution in [3.63, 3.8) is 0 Å². The minimum Gasteiger partial charge on any atom is -0.353 e. The maximum absolute atomic E-state index is 13.1. The molecule has 0 spiro atoms. The first-order valence-corrected chi connectivity index (χ1v) is 10.7. The van der Waals surface area contributed by atoms with E-state index in [0.29, 0.717) is 18.7 Å². The first kappa shape index (κ1) is 17.9. The Morgan fingerprint density at radius 3 is 2.66 bits per heavy atom. The van der Waals surface area contributed by atoms with Gasteiger partial charge in [0.2, 0.25) is 0 Å². The molecule has 3 aromatic rings. The van der Waals surface area contributed by atoms with Crippen molar-refractivity contribution in [2.75, 3.05) is 31.1 Å². The Kier molecular flexibility index (Phi) is 4.53. The SMILES string of the molecule is N#Cc1ccnc(N2CCN(C(=O)c3cc4c(s3)-c3ccccc3CC4)CC2)c1. The Hall–Kier alpha value is -3.17. The number of nitrogens with zero attached hydrogens (tertiary/aromatic N) is 4. The zero-order valence-electron chi connectivity index (χ0n) is 16.0. The Morgan fingerprint density at radius 1 is 1.03 bits per heavy atom. The number of pyridine rings is 1. The molecule has 3 heterocycles. The summed E-state index contributed by atoms with van der Waals surface area (Å²) in [5.41, 5.74) is 4.57. The van der Waals surface area contributed by atoms with Crippen LogP contribution in [0.1, 0.15) is 26.4 Å². The molecule has 1 aliphatic heterocycles. The van der Waals surface area contributed by atoms with Gasteiger partial charge in [-0.1, -0.05) is 24.3 Å². The molecule has 1 fully saturated rings. The summed E-state index contributed by atoms with van der Waals surface area (Å²) in [6.45, 7) is 2.77. The molecule has 1 aliphatic carbocycles. The van der Waals surface area contributed by atoms with Crippen molar-refractivity contribution in [3.05, 3.63) is 70.2 Å². The molecule has 6 heteroatoms. The number of aryl methyl sites for hydroxylation is 2. The molecule has 29 heavy (non-hydrogen) atoms. The van der Waals surface area contributed by atoms with Gasteiger partial charge in [-0.25, -0.2) is 4.98 Å². The molecule has 0 bridgehead atoms. The predicted octanol–water partition coefficient (Wildman–Crippen LogP) is 3.74. The summed E-state index contributed by atoms with van der Waals surface area (Å²) in [6.07, 6.45) is 3.71. The molecule has 0 radical (unpaired) electrons. The third-order valence-corrected chi connectivity index (χ3v) is 6.91. The van der Waals surface area contributed by atoms with Crippen LogP contribution in [-0.2, 0) is 12.8 Å². The van der Waals surface area contributed by atoms with Crippen LogP contribution in [0.4, 0.5) is 5.82 Å². The second-order valence-electron chi connectivity index (χ2n) is 7.42. The number of benzene rings is 1. The molecule has 0 atom stereocenters. The number of fused-ring (bicyclic) bond motifs is 3. The van der Waals surface area contributed by atoms with E-state index in [0.717, 1.165) is 36.6 Å². The van der Waals surface area contributed by atoms with Crippen LogP contribution in [0.25, 0.3) is 10.4 Å². The molecule has 144 valence electrons. The van der Waals surface area contributed by atoms with Crippen molar-refractivity contribution in [1.29, 1.82) is 5.26 Å². The Morgan fingerprint density at radius 2 is 1.83 bits per heavy atom. The number of aromatic nitrogens is 1. The van der Waals surface area contributed by atoms with Gasteiger partial charge in [-0.2, -0.15) is 5.26 Å². The number of carbonyl (C=O) groups is 1. The summed E-state index contributed by atoms with van der Waals surface area (Å²) in [5, 5.41) is 9.08. The van der Waals surface area contributed by atoms with E-state index in [1.54, 1.807) is 23.6 Å².